The topological polar surface area (TPSA) is 46.5 Å². The molecule has 1 aromatic rings. The van der Waals surface area contributed by atoms with E-state index in [4.69, 9.17) is 0 Å². The highest BCUT2D eigenvalue weighted by molar-refractivity contribution is 14.2. The molecule has 0 heterocycles. The standard InChI is InChI=1S/C7H4F4INO2S/c8-5-1-3-6(4-2-5)12-13-16(14,15)7(9,10)11/h1-4H. The summed E-state index contributed by atoms with van der Waals surface area (Å²) in [6.07, 6.45) is 0. The monoisotopic (exact) mass is 369 g/mol. The van der Waals surface area contributed by atoms with Crippen molar-refractivity contribution in [2.24, 2.45) is 2.55 Å². The molecule has 0 saturated carbocycles. The fourth-order valence-electron chi connectivity index (χ4n) is 0.610. The van der Waals surface area contributed by atoms with Gasteiger partial charge < -0.3 is 0 Å². The van der Waals surface area contributed by atoms with Gasteiger partial charge in [-0.2, -0.15) is 21.6 Å². The first-order valence-electron chi connectivity index (χ1n) is 3.66. The van der Waals surface area contributed by atoms with E-state index < -0.39 is 42.4 Å². The largest absolute Gasteiger partial charge is 0.518 e. The van der Waals surface area contributed by atoms with Crippen molar-refractivity contribution < 1.29 is 26.0 Å². The van der Waals surface area contributed by atoms with Gasteiger partial charge in [-0.1, -0.05) is 0 Å². The maximum Gasteiger partial charge on any atom is 0.518 e. The van der Waals surface area contributed by atoms with Crippen LogP contribution < -0.4 is 0 Å². The Balaban J connectivity index is 2.94. The molecule has 0 atom stereocenters. The Kier molecular flexibility index (Phi) is 3.99. The van der Waals surface area contributed by atoms with Crippen LogP contribution in [0, 0.1) is 9.39 Å². The first-order valence-corrected chi connectivity index (χ1v) is 7.14. The summed E-state index contributed by atoms with van der Waals surface area (Å²) in [7, 11) is -5.43. The zero-order valence-electron chi connectivity index (χ0n) is 7.37. The van der Waals surface area contributed by atoms with Crippen LogP contribution in [0.25, 0.3) is 0 Å². The molecule has 3 nitrogen and oxygen atoms in total. The highest BCUT2D eigenvalue weighted by atomic mass is 127. The molecule has 0 aliphatic heterocycles. The molecule has 0 N–H and O–H groups in total. The molecule has 16 heavy (non-hydrogen) atoms. The summed E-state index contributed by atoms with van der Waals surface area (Å²) >= 11 is -1.69. The smallest absolute Gasteiger partial charge is 0.207 e. The molecule has 0 amide bonds. The molecule has 0 spiro atoms. The predicted molar refractivity (Wildman–Crippen MR) is 56.5 cm³/mol. The number of hydrogen-bond acceptors (Lipinski definition) is 2. The first kappa shape index (κ1) is 13.5. The zero-order chi connectivity index (χ0) is 12.4. The minimum absolute atomic E-state index is 0.285. The van der Waals surface area contributed by atoms with E-state index in [0.29, 0.717) is 0 Å². The normalized spacial score (nSPS) is 13.8. The molecule has 0 aromatic heterocycles. The molecular formula is C7H4F4INO2S. The van der Waals surface area contributed by atoms with E-state index in [0.717, 1.165) is 12.1 Å². The van der Waals surface area contributed by atoms with Crippen molar-refractivity contribution in [1.82, 2.24) is 0 Å². The Bertz CT molecular complexity index is 494. The van der Waals surface area contributed by atoms with E-state index in [1.54, 1.807) is 0 Å². The van der Waals surface area contributed by atoms with E-state index in [-0.39, 0.29) is 3.57 Å². The number of nitrogens with zero attached hydrogens (tertiary/aromatic N) is 1. The predicted octanol–water partition coefficient (Wildman–Crippen LogP) is 3.00. The van der Waals surface area contributed by atoms with Crippen LogP contribution >= 0.6 is 21.0 Å². The Hall–Kier alpha value is -0.580. The number of halogens is 5. The van der Waals surface area contributed by atoms with Gasteiger partial charge in [-0.05, 0) is 24.3 Å². The van der Waals surface area contributed by atoms with Crippen molar-refractivity contribution >= 4 is 31.1 Å². The quantitative estimate of drug-likeness (QED) is 0.595. The van der Waals surface area contributed by atoms with Crippen molar-refractivity contribution in [1.29, 1.82) is 0 Å². The highest BCUT2D eigenvalue weighted by Crippen LogP contribution is 2.28. The van der Waals surface area contributed by atoms with Crippen molar-refractivity contribution in [2.75, 3.05) is 0 Å². The molecule has 0 radical (unpaired) electrons. The fraction of sp³-hybridized carbons (Fsp3) is 0.143. The van der Waals surface area contributed by atoms with Crippen LogP contribution in [-0.4, -0.2) is 13.9 Å². The minimum Gasteiger partial charge on any atom is -0.207 e. The van der Waals surface area contributed by atoms with E-state index in [2.05, 4.69) is 2.55 Å². The van der Waals surface area contributed by atoms with Crippen LogP contribution in [0.2, 0.25) is 0 Å². The van der Waals surface area contributed by atoms with E-state index in [1.165, 1.54) is 12.1 Å². The van der Waals surface area contributed by atoms with Crippen LogP contribution in [0.4, 0.5) is 17.6 Å². The molecule has 0 bridgehead atoms. The molecule has 0 saturated heterocycles. The van der Waals surface area contributed by atoms with Gasteiger partial charge in [0.25, 0.3) is 0 Å². The number of hydrogen-bond donors (Lipinski definition) is 0. The Morgan fingerprint density at radius 3 is 2.06 bits per heavy atom. The fourth-order valence-corrected chi connectivity index (χ4v) is 3.67. The lowest BCUT2D eigenvalue weighted by atomic mass is 10.4. The Morgan fingerprint density at radius 2 is 1.62 bits per heavy atom. The summed E-state index contributed by atoms with van der Waals surface area (Å²) in [6, 6.07) is 4.48. The van der Waals surface area contributed by atoms with Crippen LogP contribution in [0.1, 0.15) is 0 Å². The van der Waals surface area contributed by atoms with Crippen LogP contribution in [0.3, 0.4) is 0 Å². The third-order valence-corrected chi connectivity index (χ3v) is 5.58. The molecule has 0 aliphatic rings. The van der Waals surface area contributed by atoms with Crippen molar-refractivity contribution in [2.45, 2.75) is 5.51 Å². The van der Waals surface area contributed by atoms with E-state index >= 15 is 0 Å². The van der Waals surface area contributed by atoms with E-state index in [9.17, 15) is 26.0 Å². The van der Waals surface area contributed by atoms with Gasteiger partial charge in [-0.3, -0.25) is 0 Å². The molecule has 0 fully saturated rings. The molecule has 0 unspecified atom stereocenters. The maximum atomic E-state index is 12.4. The first-order chi connectivity index (χ1) is 7.22. The molecule has 90 valence electrons. The molecule has 0 aliphatic carbocycles. The highest BCUT2D eigenvalue weighted by Gasteiger charge is 2.45. The van der Waals surface area contributed by atoms with Crippen molar-refractivity contribution in [3.05, 3.63) is 33.7 Å². The van der Waals surface area contributed by atoms with Gasteiger partial charge in [0, 0.05) is 24.6 Å². The summed E-state index contributed by atoms with van der Waals surface area (Å²) in [5, 5.41) is 0. The van der Waals surface area contributed by atoms with Gasteiger partial charge in [-0.25, -0.2) is 4.39 Å². The minimum atomic E-state index is -5.43. The lowest BCUT2D eigenvalue weighted by molar-refractivity contribution is -0.0433. The lowest BCUT2D eigenvalue weighted by Crippen LogP contribution is -2.19. The van der Waals surface area contributed by atoms with Gasteiger partial charge in [0.05, 0.1) is 0 Å². The maximum absolute atomic E-state index is 12.4. The van der Waals surface area contributed by atoms with Crippen molar-refractivity contribution in [3.8, 4) is 0 Å². The second-order valence-corrected chi connectivity index (χ2v) is 6.97. The van der Waals surface area contributed by atoms with Crippen molar-refractivity contribution in [3.63, 3.8) is 0 Å². The van der Waals surface area contributed by atoms with Gasteiger partial charge in [0.2, 0.25) is 0 Å². The summed E-state index contributed by atoms with van der Waals surface area (Å²) in [5.74, 6) is -0.550. The van der Waals surface area contributed by atoms with Crippen LogP contribution in [0.5, 0.6) is 0 Å². The van der Waals surface area contributed by atoms with Crippen LogP contribution in [0.15, 0.2) is 26.8 Å². The summed E-state index contributed by atoms with van der Waals surface area (Å²) < 4.78 is 72.1. The molecule has 1 rings (SSSR count). The Morgan fingerprint density at radius 1 is 1.12 bits per heavy atom. The molecule has 1 aromatic carbocycles. The number of rotatable bonds is 2. The van der Waals surface area contributed by atoms with Gasteiger partial charge >= 0.3 is 15.5 Å². The molecule has 9 heteroatoms. The summed E-state index contributed by atoms with van der Waals surface area (Å²) in [5.41, 5.74) is -5.37. The number of alkyl halides is 3. The SMILES string of the molecule is O=S(=O)(N=Ic1ccc(F)cc1)C(F)(F)F. The van der Waals surface area contributed by atoms with Crippen LogP contribution in [-0.2, 0) is 10.0 Å². The second kappa shape index (κ2) is 4.73. The zero-order valence-corrected chi connectivity index (χ0v) is 10.3. The Labute approximate surface area is 98.7 Å². The van der Waals surface area contributed by atoms with Gasteiger partial charge in [0.1, 0.15) is 5.82 Å². The number of benzene rings is 1. The third kappa shape index (κ3) is 3.47. The second-order valence-electron chi connectivity index (χ2n) is 2.51. The van der Waals surface area contributed by atoms with E-state index in [1.807, 2.05) is 0 Å². The lowest BCUT2D eigenvalue weighted by Gasteiger charge is -2.00. The summed E-state index contributed by atoms with van der Waals surface area (Å²) in [6.45, 7) is 0. The third-order valence-electron chi connectivity index (χ3n) is 1.32. The van der Waals surface area contributed by atoms with Gasteiger partial charge in [0.15, 0.2) is 0 Å². The number of sulfonamides is 1. The average molecular weight is 369 g/mol. The molecular weight excluding hydrogens is 365 g/mol. The average Bonchev–Trinajstić information content (AvgIpc) is 2.15. The van der Waals surface area contributed by atoms with Gasteiger partial charge in [-0.15, -0.1) is 2.55 Å². The summed E-state index contributed by atoms with van der Waals surface area (Å²) in [4.78, 5) is 0.